The van der Waals surface area contributed by atoms with Gasteiger partial charge in [0.25, 0.3) is 0 Å². The van der Waals surface area contributed by atoms with Crippen molar-refractivity contribution in [3.63, 3.8) is 0 Å². The number of nitrogens with zero attached hydrogens (tertiary/aromatic N) is 2. The lowest BCUT2D eigenvalue weighted by molar-refractivity contribution is -0.124. The van der Waals surface area contributed by atoms with Gasteiger partial charge in [0.05, 0.1) is 12.6 Å². The first-order valence-corrected chi connectivity index (χ1v) is 9.49. The minimum atomic E-state index is -0.692. The van der Waals surface area contributed by atoms with Crippen molar-refractivity contribution in [2.45, 2.75) is 62.9 Å². The van der Waals surface area contributed by atoms with E-state index < -0.39 is 5.54 Å². The van der Waals surface area contributed by atoms with E-state index in [-0.39, 0.29) is 5.91 Å². The van der Waals surface area contributed by atoms with Gasteiger partial charge in [0.1, 0.15) is 5.54 Å². The van der Waals surface area contributed by atoms with Crippen LogP contribution in [0.5, 0.6) is 0 Å². The van der Waals surface area contributed by atoms with Crippen molar-refractivity contribution in [2.24, 2.45) is 5.92 Å². The van der Waals surface area contributed by atoms with Crippen LogP contribution >= 0.6 is 0 Å². The average Bonchev–Trinajstić information content (AvgIpc) is 3.48. The second kappa shape index (κ2) is 7.58. The van der Waals surface area contributed by atoms with Crippen molar-refractivity contribution in [1.29, 1.82) is 5.26 Å². The minimum Gasteiger partial charge on any atom is -0.337 e. The van der Waals surface area contributed by atoms with Crippen molar-refractivity contribution in [2.75, 3.05) is 13.6 Å². The topological polar surface area (TPSA) is 56.1 Å². The monoisotopic (exact) mass is 339 g/mol. The molecule has 0 saturated heterocycles. The Labute approximate surface area is 151 Å². The second-order valence-corrected chi connectivity index (χ2v) is 7.97. The highest BCUT2D eigenvalue weighted by atomic mass is 16.2. The summed E-state index contributed by atoms with van der Waals surface area (Å²) in [4.78, 5) is 14.6. The Morgan fingerprint density at radius 3 is 2.40 bits per heavy atom. The van der Waals surface area contributed by atoms with Crippen molar-refractivity contribution in [3.05, 3.63) is 35.9 Å². The van der Waals surface area contributed by atoms with E-state index >= 15 is 0 Å². The van der Waals surface area contributed by atoms with E-state index in [0.717, 1.165) is 25.7 Å². The third kappa shape index (κ3) is 4.41. The van der Waals surface area contributed by atoms with Crippen LogP contribution in [0.2, 0.25) is 0 Å². The maximum atomic E-state index is 12.4. The molecule has 0 unspecified atom stereocenters. The van der Waals surface area contributed by atoms with Gasteiger partial charge in [-0.25, -0.2) is 0 Å². The van der Waals surface area contributed by atoms with Gasteiger partial charge in [0.15, 0.2) is 0 Å². The summed E-state index contributed by atoms with van der Waals surface area (Å²) in [5.74, 6) is 0.952. The standard InChI is InChI=1S/C21H29N3O/c1-21(15-22,18-10-11-18)23-20(25)14-24(2)19-12-8-17(9-13-19)16-6-4-3-5-7-16/h3-7,17-19H,8-14H2,1-2H3,(H,23,25)/t17?,19?,21-/m1/s1. The molecular formula is C21H29N3O. The largest absolute Gasteiger partial charge is 0.337 e. The van der Waals surface area contributed by atoms with E-state index in [1.807, 2.05) is 14.0 Å². The molecule has 4 nitrogen and oxygen atoms in total. The maximum absolute atomic E-state index is 12.4. The Morgan fingerprint density at radius 1 is 1.20 bits per heavy atom. The molecule has 1 atom stereocenters. The lowest BCUT2D eigenvalue weighted by Crippen LogP contribution is -2.51. The summed E-state index contributed by atoms with van der Waals surface area (Å²) in [6.45, 7) is 2.23. The number of carbonyl (C=O) groups is 1. The van der Waals surface area contributed by atoms with Gasteiger partial charge in [-0.05, 0) is 69.9 Å². The molecule has 3 rings (SSSR count). The van der Waals surface area contributed by atoms with Gasteiger partial charge in [0, 0.05) is 6.04 Å². The molecule has 0 aromatic heterocycles. The maximum Gasteiger partial charge on any atom is 0.235 e. The molecular weight excluding hydrogens is 310 g/mol. The van der Waals surface area contributed by atoms with Crippen molar-refractivity contribution >= 4 is 5.91 Å². The molecule has 1 aromatic rings. The summed E-state index contributed by atoms with van der Waals surface area (Å²) in [7, 11) is 2.04. The molecule has 0 heterocycles. The number of carbonyl (C=O) groups excluding carboxylic acids is 1. The highest BCUT2D eigenvalue weighted by molar-refractivity contribution is 5.79. The Morgan fingerprint density at radius 2 is 1.84 bits per heavy atom. The van der Waals surface area contributed by atoms with E-state index in [9.17, 15) is 10.1 Å². The van der Waals surface area contributed by atoms with E-state index in [0.29, 0.717) is 24.4 Å². The quantitative estimate of drug-likeness (QED) is 0.863. The van der Waals surface area contributed by atoms with E-state index in [2.05, 4.69) is 46.6 Å². The zero-order chi connectivity index (χ0) is 17.9. The third-order valence-corrected chi connectivity index (χ3v) is 6.01. The molecule has 4 heteroatoms. The molecule has 0 bridgehead atoms. The zero-order valence-corrected chi connectivity index (χ0v) is 15.4. The Kier molecular flexibility index (Phi) is 5.44. The number of amides is 1. The normalized spacial score (nSPS) is 25.8. The number of likely N-dealkylation sites (N-methyl/N-ethyl adjacent to an activating group) is 1. The lowest BCUT2D eigenvalue weighted by atomic mass is 9.81. The number of benzene rings is 1. The fourth-order valence-corrected chi connectivity index (χ4v) is 4.14. The third-order valence-electron chi connectivity index (χ3n) is 6.01. The van der Waals surface area contributed by atoms with Crippen LogP contribution in [0.4, 0.5) is 0 Å². The first-order valence-electron chi connectivity index (χ1n) is 9.49. The summed E-state index contributed by atoms with van der Waals surface area (Å²) in [5.41, 5.74) is 0.749. The van der Waals surface area contributed by atoms with Crippen LogP contribution in [-0.2, 0) is 4.79 Å². The van der Waals surface area contributed by atoms with Gasteiger partial charge in [0.2, 0.25) is 5.91 Å². The molecule has 2 aliphatic rings. The molecule has 0 aliphatic heterocycles. The number of nitriles is 1. The fraction of sp³-hybridized carbons (Fsp3) is 0.619. The summed E-state index contributed by atoms with van der Waals surface area (Å²) in [6, 6.07) is 13.5. The Balaban J connectivity index is 1.47. The van der Waals surface area contributed by atoms with Crippen LogP contribution < -0.4 is 5.32 Å². The van der Waals surface area contributed by atoms with Gasteiger partial charge in [-0.15, -0.1) is 0 Å². The van der Waals surface area contributed by atoms with E-state index in [1.165, 1.54) is 18.4 Å². The van der Waals surface area contributed by atoms with Gasteiger partial charge in [-0.2, -0.15) is 5.26 Å². The average molecular weight is 339 g/mol. The number of rotatable bonds is 6. The molecule has 25 heavy (non-hydrogen) atoms. The molecule has 0 radical (unpaired) electrons. The van der Waals surface area contributed by atoms with Gasteiger partial charge in [-0.1, -0.05) is 30.3 Å². The number of hydrogen-bond acceptors (Lipinski definition) is 3. The van der Waals surface area contributed by atoms with Crippen LogP contribution in [0.15, 0.2) is 30.3 Å². The predicted molar refractivity (Wildman–Crippen MR) is 99.0 cm³/mol. The fourth-order valence-electron chi connectivity index (χ4n) is 4.14. The van der Waals surface area contributed by atoms with Crippen LogP contribution in [0.1, 0.15) is 56.9 Å². The highest BCUT2D eigenvalue weighted by Gasteiger charge is 2.43. The first kappa shape index (κ1) is 17.9. The minimum absolute atomic E-state index is 0.0244. The molecule has 1 amide bonds. The van der Waals surface area contributed by atoms with Gasteiger partial charge >= 0.3 is 0 Å². The SMILES string of the molecule is CN(CC(=O)N[C@](C)(C#N)C1CC1)C1CCC(c2ccccc2)CC1. The molecule has 2 saturated carbocycles. The highest BCUT2D eigenvalue weighted by Crippen LogP contribution is 2.39. The molecule has 1 N–H and O–H groups in total. The second-order valence-electron chi connectivity index (χ2n) is 7.97. The van der Waals surface area contributed by atoms with Crippen LogP contribution in [-0.4, -0.2) is 36.0 Å². The predicted octanol–water partition coefficient (Wildman–Crippen LogP) is 3.45. The molecule has 1 aromatic carbocycles. The number of nitrogens with one attached hydrogen (secondary N) is 1. The molecule has 134 valence electrons. The van der Waals surface area contributed by atoms with Crippen LogP contribution in [0.25, 0.3) is 0 Å². The smallest absolute Gasteiger partial charge is 0.235 e. The van der Waals surface area contributed by atoms with E-state index in [1.54, 1.807) is 0 Å². The van der Waals surface area contributed by atoms with Gasteiger partial charge < -0.3 is 5.32 Å². The van der Waals surface area contributed by atoms with Crippen molar-refractivity contribution in [3.8, 4) is 6.07 Å². The lowest BCUT2D eigenvalue weighted by Gasteiger charge is -2.35. The zero-order valence-electron chi connectivity index (χ0n) is 15.4. The summed E-state index contributed by atoms with van der Waals surface area (Å²) in [5, 5.41) is 12.4. The molecule has 2 fully saturated rings. The van der Waals surface area contributed by atoms with Crippen molar-refractivity contribution < 1.29 is 4.79 Å². The van der Waals surface area contributed by atoms with Crippen molar-refractivity contribution in [1.82, 2.24) is 10.2 Å². The molecule has 2 aliphatic carbocycles. The Bertz CT molecular complexity index is 626. The Hall–Kier alpha value is -1.86. The summed E-state index contributed by atoms with van der Waals surface area (Å²) in [6.07, 6.45) is 6.70. The molecule has 0 spiro atoms. The first-order chi connectivity index (χ1) is 12.0. The number of hydrogen-bond donors (Lipinski definition) is 1. The van der Waals surface area contributed by atoms with Crippen LogP contribution in [0, 0.1) is 17.2 Å². The van der Waals surface area contributed by atoms with Gasteiger partial charge in [-0.3, -0.25) is 9.69 Å². The summed E-state index contributed by atoms with van der Waals surface area (Å²) < 4.78 is 0. The van der Waals surface area contributed by atoms with E-state index in [4.69, 9.17) is 0 Å². The van der Waals surface area contributed by atoms with Crippen LogP contribution in [0.3, 0.4) is 0 Å². The summed E-state index contributed by atoms with van der Waals surface area (Å²) >= 11 is 0.